The van der Waals surface area contributed by atoms with E-state index in [1.54, 1.807) is 12.1 Å². The van der Waals surface area contributed by atoms with Crippen LogP contribution >= 0.6 is 0 Å². The summed E-state index contributed by atoms with van der Waals surface area (Å²) >= 11 is 0. The Kier molecular flexibility index (Phi) is 4.89. The number of phenols is 1. The zero-order chi connectivity index (χ0) is 16.9. The largest absolute Gasteiger partial charge is 0.507 e. The molecule has 126 valence electrons. The van der Waals surface area contributed by atoms with E-state index in [1.165, 1.54) is 18.9 Å². The molecule has 1 heterocycles. The summed E-state index contributed by atoms with van der Waals surface area (Å²) in [6.45, 7) is 1.81. The molecule has 2 aromatic carbocycles. The van der Waals surface area contributed by atoms with Gasteiger partial charge in [0.25, 0.3) is 5.91 Å². The van der Waals surface area contributed by atoms with Crippen LogP contribution in [0.15, 0.2) is 48.5 Å². The second-order valence-corrected chi connectivity index (χ2v) is 5.95. The Morgan fingerprint density at radius 2 is 1.88 bits per heavy atom. The average molecular weight is 326 g/mol. The van der Waals surface area contributed by atoms with Crippen LogP contribution in [-0.4, -0.2) is 37.3 Å². The van der Waals surface area contributed by atoms with Crippen LogP contribution < -0.4 is 15.0 Å². The van der Waals surface area contributed by atoms with Crippen molar-refractivity contribution in [3.63, 3.8) is 0 Å². The highest BCUT2D eigenvalue weighted by molar-refractivity contribution is 5.97. The molecule has 5 heteroatoms. The van der Waals surface area contributed by atoms with Gasteiger partial charge >= 0.3 is 0 Å². The topological polar surface area (TPSA) is 61.8 Å². The second-order valence-electron chi connectivity index (χ2n) is 5.95. The van der Waals surface area contributed by atoms with Gasteiger partial charge in [0.15, 0.2) is 0 Å². The fraction of sp³-hybridized carbons (Fsp3) is 0.316. The Hall–Kier alpha value is -2.69. The molecule has 0 atom stereocenters. The second kappa shape index (κ2) is 7.25. The molecule has 1 aliphatic heterocycles. The number of methoxy groups -OCH3 is 1. The molecule has 1 aliphatic rings. The normalized spacial score (nSPS) is 15.1. The van der Waals surface area contributed by atoms with Crippen molar-refractivity contribution in [2.24, 2.45) is 0 Å². The highest BCUT2D eigenvalue weighted by Crippen LogP contribution is 2.24. The van der Waals surface area contributed by atoms with Crippen molar-refractivity contribution in [2.75, 3.05) is 25.1 Å². The van der Waals surface area contributed by atoms with Crippen LogP contribution in [0.4, 0.5) is 5.69 Å². The van der Waals surface area contributed by atoms with Gasteiger partial charge in [0, 0.05) is 30.9 Å². The summed E-state index contributed by atoms with van der Waals surface area (Å²) in [5, 5.41) is 13.0. The van der Waals surface area contributed by atoms with Crippen LogP contribution in [0.1, 0.15) is 23.2 Å². The summed E-state index contributed by atoms with van der Waals surface area (Å²) in [4.78, 5) is 14.7. The molecule has 5 nitrogen and oxygen atoms in total. The van der Waals surface area contributed by atoms with Crippen molar-refractivity contribution < 1.29 is 14.6 Å². The lowest BCUT2D eigenvalue weighted by molar-refractivity contribution is 0.0928. The van der Waals surface area contributed by atoms with Crippen molar-refractivity contribution in [1.29, 1.82) is 0 Å². The predicted molar refractivity (Wildman–Crippen MR) is 93.8 cm³/mol. The van der Waals surface area contributed by atoms with Crippen LogP contribution in [0.2, 0.25) is 0 Å². The Morgan fingerprint density at radius 3 is 2.50 bits per heavy atom. The number of hydrogen-bond acceptors (Lipinski definition) is 4. The van der Waals surface area contributed by atoms with Crippen molar-refractivity contribution in [3.05, 3.63) is 54.1 Å². The van der Waals surface area contributed by atoms with Crippen LogP contribution in [0.25, 0.3) is 0 Å². The first kappa shape index (κ1) is 16.2. The Labute approximate surface area is 141 Å². The number of amides is 1. The average Bonchev–Trinajstić information content (AvgIpc) is 2.63. The SMILES string of the molecule is COc1ccc(C(=O)NC2CCN(c3ccccc3)CC2)c(O)c1. The van der Waals surface area contributed by atoms with Crippen molar-refractivity contribution >= 4 is 11.6 Å². The molecule has 1 fully saturated rings. The minimum atomic E-state index is -0.242. The molecule has 0 aromatic heterocycles. The van der Waals surface area contributed by atoms with E-state index in [0.717, 1.165) is 25.9 Å². The fourth-order valence-corrected chi connectivity index (χ4v) is 3.01. The maximum atomic E-state index is 12.4. The number of aromatic hydroxyl groups is 1. The molecule has 1 amide bonds. The molecule has 0 bridgehead atoms. The Bertz CT molecular complexity index is 695. The highest BCUT2D eigenvalue weighted by atomic mass is 16.5. The van der Waals surface area contributed by atoms with Crippen molar-refractivity contribution in [3.8, 4) is 11.5 Å². The van der Waals surface area contributed by atoms with E-state index in [2.05, 4.69) is 22.3 Å². The number of nitrogens with one attached hydrogen (secondary N) is 1. The first-order valence-corrected chi connectivity index (χ1v) is 8.15. The lowest BCUT2D eigenvalue weighted by Gasteiger charge is -2.34. The molecule has 0 unspecified atom stereocenters. The van der Waals surface area contributed by atoms with Gasteiger partial charge in [-0.25, -0.2) is 0 Å². The van der Waals surface area contributed by atoms with E-state index in [1.807, 2.05) is 18.2 Å². The number of ether oxygens (including phenoxy) is 1. The lowest BCUT2D eigenvalue weighted by atomic mass is 10.0. The van der Waals surface area contributed by atoms with E-state index in [0.29, 0.717) is 5.75 Å². The van der Waals surface area contributed by atoms with Crippen LogP contribution in [-0.2, 0) is 0 Å². The third-order valence-corrected chi connectivity index (χ3v) is 4.40. The summed E-state index contributed by atoms with van der Waals surface area (Å²) in [5.74, 6) is 0.224. The van der Waals surface area contributed by atoms with E-state index in [4.69, 9.17) is 4.74 Å². The monoisotopic (exact) mass is 326 g/mol. The summed E-state index contributed by atoms with van der Waals surface area (Å²) in [5.41, 5.74) is 1.50. The van der Waals surface area contributed by atoms with E-state index >= 15 is 0 Å². The number of para-hydroxylation sites is 1. The number of anilines is 1. The molecule has 0 saturated carbocycles. The van der Waals surface area contributed by atoms with E-state index in [-0.39, 0.29) is 23.3 Å². The van der Waals surface area contributed by atoms with Crippen LogP contribution in [0.3, 0.4) is 0 Å². The third-order valence-electron chi connectivity index (χ3n) is 4.40. The third kappa shape index (κ3) is 3.62. The molecule has 1 saturated heterocycles. The van der Waals surface area contributed by atoms with Gasteiger partial charge in [-0.3, -0.25) is 4.79 Å². The minimum absolute atomic E-state index is 0.0615. The number of carbonyl (C=O) groups is 1. The standard InChI is InChI=1S/C19H22N2O3/c1-24-16-7-8-17(18(22)13-16)19(23)20-14-9-11-21(12-10-14)15-5-3-2-4-6-15/h2-8,13-14,22H,9-12H2,1H3,(H,20,23). The fourth-order valence-electron chi connectivity index (χ4n) is 3.01. The maximum Gasteiger partial charge on any atom is 0.255 e. The molecule has 2 aromatic rings. The summed E-state index contributed by atoms with van der Waals surface area (Å²) in [6.07, 6.45) is 1.77. The first-order chi connectivity index (χ1) is 11.7. The minimum Gasteiger partial charge on any atom is -0.507 e. The van der Waals surface area contributed by atoms with E-state index < -0.39 is 0 Å². The number of rotatable bonds is 4. The molecular weight excluding hydrogens is 304 g/mol. The highest BCUT2D eigenvalue weighted by Gasteiger charge is 2.22. The first-order valence-electron chi connectivity index (χ1n) is 8.15. The van der Waals surface area contributed by atoms with Crippen LogP contribution in [0, 0.1) is 0 Å². The molecule has 0 aliphatic carbocycles. The van der Waals surface area contributed by atoms with Gasteiger partial charge in [0.1, 0.15) is 11.5 Å². The summed E-state index contributed by atoms with van der Waals surface area (Å²) in [7, 11) is 1.52. The zero-order valence-electron chi connectivity index (χ0n) is 13.7. The van der Waals surface area contributed by atoms with Gasteiger partial charge in [0.2, 0.25) is 0 Å². The van der Waals surface area contributed by atoms with Gasteiger partial charge in [0.05, 0.1) is 12.7 Å². The molecule has 0 radical (unpaired) electrons. The van der Waals surface area contributed by atoms with Gasteiger partial charge in [-0.1, -0.05) is 18.2 Å². The quantitative estimate of drug-likeness (QED) is 0.907. The number of nitrogens with zero attached hydrogens (tertiary/aromatic N) is 1. The van der Waals surface area contributed by atoms with Gasteiger partial charge < -0.3 is 20.1 Å². The number of carbonyl (C=O) groups excluding carboxylic acids is 1. The Morgan fingerprint density at radius 1 is 1.17 bits per heavy atom. The molecule has 2 N–H and O–H groups in total. The summed E-state index contributed by atoms with van der Waals surface area (Å²) < 4.78 is 5.04. The smallest absolute Gasteiger partial charge is 0.255 e. The maximum absolute atomic E-state index is 12.4. The zero-order valence-corrected chi connectivity index (χ0v) is 13.7. The number of phenolic OH excluding ortho intramolecular Hbond substituents is 1. The van der Waals surface area contributed by atoms with Crippen LogP contribution in [0.5, 0.6) is 11.5 Å². The number of piperidine rings is 1. The molecule has 3 rings (SSSR count). The molecule has 24 heavy (non-hydrogen) atoms. The number of hydrogen-bond donors (Lipinski definition) is 2. The molecular formula is C19H22N2O3. The van der Waals surface area contributed by atoms with Crippen molar-refractivity contribution in [2.45, 2.75) is 18.9 Å². The van der Waals surface area contributed by atoms with Gasteiger partial charge in [-0.05, 0) is 37.1 Å². The predicted octanol–water partition coefficient (Wildman–Crippen LogP) is 2.80. The number of benzene rings is 2. The van der Waals surface area contributed by atoms with Crippen molar-refractivity contribution in [1.82, 2.24) is 5.32 Å². The van der Waals surface area contributed by atoms with E-state index in [9.17, 15) is 9.90 Å². The van der Waals surface area contributed by atoms with Gasteiger partial charge in [-0.15, -0.1) is 0 Å². The molecule has 0 spiro atoms. The van der Waals surface area contributed by atoms with Gasteiger partial charge in [-0.2, -0.15) is 0 Å². The lowest BCUT2D eigenvalue weighted by Crippen LogP contribution is -2.44. The summed E-state index contributed by atoms with van der Waals surface area (Å²) in [6, 6.07) is 15.1. The Balaban J connectivity index is 1.57.